The van der Waals surface area contributed by atoms with Crippen LogP contribution in [-0.4, -0.2) is 32.6 Å². The van der Waals surface area contributed by atoms with E-state index in [1.165, 1.54) is 12.1 Å². The molecular formula is C13H19FN2O3S. The van der Waals surface area contributed by atoms with Gasteiger partial charge in [0, 0.05) is 18.2 Å². The van der Waals surface area contributed by atoms with Gasteiger partial charge in [-0.1, -0.05) is 0 Å². The summed E-state index contributed by atoms with van der Waals surface area (Å²) >= 11 is 0. The number of nitrogen functional groups attached to an aromatic ring is 1. The molecule has 1 fully saturated rings. The molecule has 0 spiro atoms. The molecule has 2 rings (SSSR count). The SMILES string of the molecule is CCOc1cc(NC2CCCS(=O)(=O)C2)c(N)cc1F. The van der Waals surface area contributed by atoms with Gasteiger partial charge in [-0.25, -0.2) is 12.8 Å². The number of hydrogen-bond acceptors (Lipinski definition) is 5. The van der Waals surface area contributed by atoms with Crippen LogP contribution in [0.4, 0.5) is 15.8 Å². The van der Waals surface area contributed by atoms with Crippen molar-refractivity contribution in [1.82, 2.24) is 0 Å². The molecule has 1 aliphatic rings. The van der Waals surface area contributed by atoms with Crippen LogP contribution in [0.25, 0.3) is 0 Å². The summed E-state index contributed by atoms with van der Waals surface area (Å²) in [4.78, 5) is 0. The maximum absolute atomic E-state index is 13.6. The Balaban J connectivity index is 2.18. The van der Waals surface area contributed by atoms with E-state index in [-0.39, 0.29) is 29.0 Å². The van der Waals surface area contributed by atoms with Crippen molar-refractivity contribution < 1.29 is 17.5 Å². The molecule has 0 radical (unpaired) electrons. The molecule has 0 bridgehead atoms. The third kappa shape index (κ3) is 3.53. The average Bonchev–Trinajstić information content (AvgIpc) is 2.34. The van der Waals surface area contributed by atoms with Gasteiger partial charge in [-0.2, -0.15) is 0 Å². The van der Waals surface area contributed by atoms with Crippen molar-refractivity contribution in [3.8, 4) is 5.75 Å². The predicted octanol–water partition coefficient (Wildman–Crippen LogP) is 1.80. The molecule has 0 aromatic heterocycles. The highest BCUT2D eigenvalue weighted by Gasteiger charge is 2.25. The van der Waals surface area contributed by atoms with Gasteiger partial charge < -0.3 is 15.8 Å². The summed E-state index contributed by atoms with van der Waals surface area (Å²) in [5, 5.41) is 3.08. The average molecular weight is 302 g/mol. The highest BCUT2D eigenvalue weighted by Crippen LogP contribution is 2.30. The Morgan fingerprint density at radius 2 is 2.25 bits per heavy atom. The minimum absolute atomic E-state index is 0.0772. The number of rotatable bonds is 4. The van der Waals surface area contributed by atoms with Gasteiger partial charge >= 0.3 is 0 Å². The highest BCUT2D eigenvalue weighted by atomic mass is 32.2. The van der Waals surface area contributed by atoms with Gasteiger partial charge in [0.2, 0.25) is 0 Å². The molecule has 0 saturated carbocycles. The highest BCUT2D eigenvalue weighted by molar-refractivity contribution is 7.91. The zero-order chi connectivity index (χ0) is 14.8. The van der Waals surface area contributed by atoms with Crippen molar-refractivity contribution >= 4 is 21.2 Å². The quantitative estimate of drug-likeness (QED) is 0.829. The number of sulfone groups is 1. The number of nitrogens with one attached hydrogen (secondary N) is 1. The fourth-order valence-corrected chi connectivity index (χ4v) is 3.95. The molecule has 1 unspecified atom stereocenters. The largest absolute Gasteiger partial charge is 0.491 e. The summed E-state index contributed by atoms with van der Waals surface area (Å²) in [7, 11) is -3.00. The summed E-state index contributed by atoms with van der Waals surface area (Å²) in [6, 6.07) is 2.47. The van der Waals surface area contributed by atoms with Crippen LogP contribution in [0.1, 0.15) is 19.8 Å². The third-order valence-corrected chi connectivity index (χ3v) is 5.05. The van der Waals surface area contributed by atoms with E-state index in [9.17, 15) is 12.8 Å². The lowest BCUT2D eigenvalue weighted by molar-refractivity contribution is 0.322. The van der Waals surface area contributed by atoms with Crippen LogP contribution in [0.5, 0.6) is 5.75 Å². The van der Waals surface area contributed by atoms with E-state index < -0.39 is 15.7 Å². The molecule has 1 atom stereocenters. The standard InChI is InChI=1S/C13H19FN2O3S/c1-2-19-13-7-12(11(15)6-10(13)14)16-9-4-3-5-20(17,18)8-9/h6-7,9,16H,2-5,8,15H2,1H3. The normalized spacial score (nSPS) is 21.4. The molecule has 1 heterocycles. The van der Waals surface area contributed by atoms with Crippen LogP contribution in [0.2, 0.25) is 0 Å². The van der Waals surface area contributed by atoms with E-state index in [1.807, 2.05) is 0 Å². The van der Waals surface area contributed by atoms with Crippen LogP contribution in [0.15, 0.2) is 12.1 Å². The maximum atomic E-state index is 13.6. The van der Waals surface area contributed by atoms with Gasteiger partial charge in [0.25, 0.3) is 0 Å². The number of hydrogen-bond donors (Lipinski definition) is 2. The summed E-state index contributed by atoms with van der Waals surface area (Å²) in [5.74, 6) is -0.101. The Labute approximate surface area is 118 Å². The number of nitrogens with two attached hydrogens (primary N) is 1. The smallest absolute Gasteiger partial charge is 0.167 e. The Hall–Kier alpha value is -1.50. The Bertz CT molecular complexity index is 590. The lowest BCUT2D eigenvalue weighted by Crippen LogP contribution is -2.35. The zero-order valence-corrected chi connectivity index (χ0v) is 12.2. The Morgan fingerprint density at radius 3 is 2.90 bits per heavy atom. The van der Waals surface area contributed by atoms with E-state index in [4.69, 9.17) is 10.5 Å². The van der Waals surface area contributed by atoms with Crippen molar-refractivity contribution in [2.45, 2.75) is 25.8 Å². The third-order valence-electron chi connectivity index (χ3n) is 3.23. The molecule has 112 valence electrons. The number of benzene rings is 1. The van der Waals surface area contributed by atoms with Crippen molar-refractivity contribution in [3.05, 3.63) is 17.9 Å². The van der Waals surface area contributed by atoms with Crippen LogP contribution in [-0.2, 0) is 9.84 Å². The number of anilines is 2. The lowest BCUT2D eigenvalue weighted by Gasteiger charge is -2.25. The van der Waals surface area contributed by atoms with Gasteiger partial charge in [0.1, 0.15) is 0 Å². The first kappa shape index (κ1) is 14.9. The number of halogens is 1. The van der Waals surface area contributed by atoms with E-state index in [2.05, 4.69) is 5.32 Å². The first-order valence-corrected chi connectivity index (χ1v) is 8.42. The molecule has 20 heavy (non-hydrogen) atoms. The molecule has 3 N–H and O–H groups in total. The van der Waals surface area contributed by atoms with Gasteiger partial charge in [-0.15, -0.1) is 0 Å². The van der Waals surface area contributed by atoms with E-state index in [0.717, 1.165) is 6.42 Å². The molecule has 1 saturated heterocycles. The fourth-order valence-electron chi connectivity index (χ4n) is 2.32. The Kier molecular flexibility index (Phi) is 4.37. The predicted molar refractivity (Wildman–Crippen MR) is 77.3 cm³/mol. The summed E-state index contributed by atoms with van der Waals surface area (Å²) in [6.45, 7) is 2.11. The minimum atomic E-state index is -3.00. The monoisotopic (exact) mass is 302 g/mol. The molecule has 1 aliphatic heterocycles. The van der Waals surface area contributed by atoms with Crippen molar-refractivity contribution in [2.75, 3.05) is 29.2 Å². The topological polar surface area (TPSA) is 81.4 Å². The molecule has 5 nitrogen and oxygen atoms in total. The molecule has 1 aromatic carbocycles. The Morgan fingerprint density at radius 1 is 1.50 bits per heavy atom. The van der Waals surface area contributed by atoms with Crippen molar-refractivity contribution in [2.24, 2.45) is 0 Å². The fraction of sp³-hybridized carbons (Fsp3) is 0.538. The molecule has 0 amide bonds. The molecule has 7 heteroatoms. The lowest BCUT2D eigenvalue weighted by atomic mass is 10.1. The molecule has 0 aliphatic carbocycles. The van der Waals surface area contributed by atoms with Crippen LogP contribution >= 0.6 is 0 Å². The second-order valence-electron chi connectivity index (χ2n) is 4.90. The van der Waals surface area contributed by atoms with E-state index in [0.29, 0.717) is 18.7 Å². The first-order chi connectivity index (χ1) is 9.41. The van der Waals surface area contributed by atoms with Gasteiger partial charge in [0.05, 0.1) is 29.5 Å². The second kappa shape index (κ2) is 5.87. The van der Waals surface area contributed by atoms with E-state index >= 15 is 0 Å². The van der Waals surface area contributed by atoms with E-state index in [1.54, 1.807) is 6.92 Å². The van der Waals surface area contributed by atoms with Gasteiger partial charge in [-0.05, 0) is 19.8 Å². The second-order valence-corrected chi connectivity index (χ2v) is 7.13. The van der Waals surface area contributed by atoms with Gasteiger partial charge in [-0.3, -0.25) is 0 Å². The van der Waals surface area contributed by atoms with Crippen molar-refractivity contribution in [1.29, 1.82) is 0 Å². The van der Waals surface area contributed by atoms with Crippen LogP contribution in [0, 0.1) is 5.82 Å². The number of ether oxygens (including phenoxy) is 1. The van der Waals surface area contributed by atoms with Crippen LogP contribution < -0.4 is 15.8 Å². The van der Waals surface area contributed by atoms with Crippen molar-refractivity contribution in [3.63, 3.8) is 0 Å². The maximum Gasteiger partial charge on any atom is 0.167 e. The summed E-state index contributed by atoms with van der Waals surface area (Å²) in [5.41, 5.74) is 6.52. The first-order valence-electron chi connectivity index (χ1n) is 6.60. The van der Waals surface area contributed by atoms with Gasteiger partial charge in [0.15, 0.2) is 21.4 Å². The summed E-state index contributed by atoms with van der Waals surface area (Å²) in [6.07, 6.45) is 1.37. The summed E-state index contributed by atoms with van der Waals surface area (Å²) < 4.78 is 42.0. The minimum Gasteiger partial charge on any atom is -0.491 e. The zero-order valence-electron chi connectivity index (χ0n) is 11.4. The van der Waals surface area contributed by atoms with Crippen LogP contribution in [0.3, 0.4) is 0 Å². The molecule has 1 aromatic rings. The molecular weight excluding hydrogens is 283 g/mol.